The number of Topliss-reactive ketones (excluding diaryl/α,β-unsaturated/α-hetero) is 1. The van der Waals surface area contributed by atoms with Crippen molar-refractivity contribution in [2.75, 3.05) is 4.90 Å². The van der Waals surface area contributed by atoms with Gasteiger partial charge in [-0.05, 0) is 29.8 Å². The maximum absolute atomic E-state index is 12.2. The molecule has 0 spiro atoms. The molecule has 1 heterocycles. The highest BCUT2D eigenvalue weighted by molar-refractivity contribution is 9.10. The predicted octanol–water partition coefficient (Wildman–Crippen LogP) is 4.49. The average molecular weight is 385 g/mol. The number of hydrogen-bond acceptors (Lipinski definition) is 2. The molecule has 6 heteroatoms. The molecule has 0 bridgehead atoms. The second kappa shape index (κ2) is 5.44. The van der Waals surface area contributed by atoms with Gasteiger partial charge in [-0.15, -0.1) is 0 Å². The lowest BCUT2D eigenvalue weighted by Crippen LogP contribution is -2.29. The number of carbonyl (C=O) groups excluding carboxylic acids is 2. The van der Waals surface area contributed by atoms with Gasteiger partial charge in [-0.25, -0.2) is 0 Å². The molecule has 1 aliphatic heterocycles. The van der Waals surface area contributed by atoms with Gasteiger partial charge in [-0.1, -0.05) is 51.3 Å². The maximum atomic E-state index is 12.2. The summed E-state index contributed by atoms with van der Waals surface area (Å²) in [6, 6.07) is 10.6. The summed E-state index contributed by atoms with van der Waals surface area (Å²) >= 11 is 15.6. The van der Waals surface area contributed by atoms with E-state index in [9.17, 15) is 9.59 Å². The summed E-state index contributed by atoms with van der Waals surface area (Å²) in [5, 5.41) is 0.577. The number of rotatable bonds is 2. The first-order chi connectivity index (χ1) is 9.99. The Morgan fingerprint density at radius 1 is 1.05 bits per heavy atom. The first-order valence-electron chi connectivity index (χ1n) is 6.07. The molecule has 0 saturated carbocycles. The molecule has 1 amide bonds. The SMILES string of the molecule is O=C1C(=O)N(Cc2cccc(Br)c2)c2c(Cl)ccc(Cl)c21. The van der Waals surface area contributed by atoms with E-state index in [-0.39, 0.29) is 17.1 Å². The van der Waals surface area contributed by atoms with Gasteiger partial charge in [-0.2, -0.15) is 0 Å². The molecule has 0 aromatic heterocycles. The van der Waals surface area contributed by atoms with Crippen molar-refractivity contribution in [3.8, 4) is 0 Å². The van der Waals surface area contributed by atoms with E-state index in [1.54, 1.807) is 6.07 Å². The lowest BCUT2D eigenvalue weighted by atomic mass is 10.1. The topological polar surface area (TPSA) is 37.4 Å². The minimum atomic E-state index is -0.618. The molecule has 3 nitrogen and oxygen atoms in total. The van der Waals surface area contributed by atoms with Crippen LogP contribution in [0.5, 0.6) is 0 Å². The fourth-order valence-electron chi connectivity index (χ4n) is 2.32. The molecule has 0 saturated heterocycles. The Morgan fingerprint density at radius 3 is 2.48 bits per heavy atom. The monoisotopic (exact) mass is 383 g/mol. The molecule has 2 aromatic carbocycles. The van der Waals surface area contributed by atoms with Crippen molar-refractivity contribution in [3.05, 3.63) is 62.0 Å². The number of nitrogens with zero attached hydrogens (tertiary/aromatic N) is 1. The third kappa shape index (κ3) is 2.48. The summed E-state index contributed by atoms with van der Waals surface area (Å²) in [4.78, 5) is 25.7. The normalized spacial score (nSPS) is 13.8. The molecule has 2 aromatic rings. The van der Waals surface area contributed by atoms with Crippen molar-refractivity contribution >= 4 is 56.5 Å². The summed E-state index contributed by atoms with van der Waals surface area (Å²) in [7, 11) is 0. The summed E-state index contributed by atoms with van der Waals surface area (Å²) in [5.74, 6) is -1.23. The van der Waals surface area contributed by atoms with E-state index >= 15 is 0 Å². The van der Waals surface area contributed by atoms with Crippen LogP contribution in [0.15, 0.2) is 40.9 Å². The van der Waals surface area contributed by atoms with Crippen LogP contribution in [0.3, 0.4) is 0 Å². The Kier molecular flexibility index (Phi) is 3.78. The molecule has 106 valence electrons. The van der Waals surface area contributed by atoms with Crippen molar-refractivity contribution in [2.45, 2.75) is 6.54 Å². The van der Waals surface area contributed by atoms with Gasteiger partial charge < -0.3 is 0 Å². The minimum absolute atomic E-state index is 0.184. The average Bonchev–Trinajstić information content (AvgIpc) is 2.69. The van der Waals surface area contributed by atoms with Crippen molar-refractivity contribution in [1.29, 1.82) is 0 Å². The second-order valence-electron chi connectivity index (χ2n) is 4.60. The fraction of sp³-hybridized carbons (Fsp3) is 0.0667. The third-order valence-electron chi connectivity index (χ3n) is 3.24. The van der Waals surface area contributed by atoms with Crippen molar-refractivity contribution in [1.82, 2.24) is 0 Å². The highest BCUT2D eigenvalue weighted by Gasteiger charge is 2.39. The fourth-order valence-corrected chi connectivity index (χ4v) is 3.27. The zero-order valence-corrected chi connectivity index (χ0v) is 13.7. The minimum Gasteiger partial charge on any atom is -0.299 e. The van der Waals surface area contributed by atoms with Gasteiger partial charge in [0.25, 0.3) is 11.7 Å². The maximum Gasteiger partial charge on any atom is 0.299 e. The second-order valence-corrected chi connectivity index (χ2v) is 6.33. The highest BCUT2D eigenvalue weighted by atomic mass is 79.9. The molecule has 0 atom stereocenters. The molecule has 21 heavy (non-hydrogen) atoms. The van der Waals surface area contributed by atoms with Crippen LogP contribution in [0, 0.1) is 0 Å². The van der Waals surface area contributed by atoms with Crippen LogP contribution < -0.4 is 4.90 Å². The lowest BCUT2D eigenvalue weighted by Gasteiger charge is -2.18. The van der Waals surface area contributed by atoms with Crippen molar-refractivity contribution in [3.63, 3.8) is 0 Å². The summed E-state index contributed by atoms with van der Waals surface area (Å²) in [6.45, 7) is 0.261. The van der Waals surface area contributed by atoms with E-state index in [0.29, 0.717) is 10.7 Å². The van der Waals surface area contributed by atoms with E-state index in [4.69, 9.17) is 23.2 Å². The van der Waals surface area contributed by atoms with Crippen LogP contribution in [0.1, 0.15) is 15.9 Å². The number of ketones is 1. The van der Waals surface area contributed by atoms with Crippen LogP contribution in [-0.2, 0) is 11.3 Å². The van der Waals surface area contributed by atoms with Gasteiger partial charge in [0.05, 0.1) is 27.8 Å². The molecule has 3 rings (SSSR count). The standard InChI is InChI=1S/C15H8BrCl2NO2/c16-9-3-1-2-8(6-9)7-19-13-11(18)5-4-10(17)12(13)14(20)15(19)21/h1-6H,7H2. The van der Waals surface area contributed by atoms with Gasteiger partial charge in [-0.3, -0.25) is 14.5 Å². The largest absolute Gasteiger partial charge is 0.299 e. The van der Waals surface area contributed by atoms with E-state index < -0.39 is 11.7 Å². The van der Waals surface area contributed by atoms with Gasteiger partial charge >= 0.3 is 0 Å². The Labute approximate surface area is 139 Å². The Morgan fingerprint density at radius 2 is 1.76 bits per heavy atom. The molecule has 0 N–H and O–H groups in total. The van der Waals surface area contributed by atoms with Crippen LogP contribution in [0.25, 0.3) is 0 Å². The number of fused-ring (bicyclic) bond motifs is 1. The van der Waals surface area contributed by atoms with E-state index in [0.717, 1.165) is 10.0 Å². The molecule has 0 aliphatic carbocycles. The van der Waals surface area contributed by atoms with Gasteiger partial charge in [0, 0.05) is 4.47 Å². The first-order valence-corrected chi connectivity index (χ1v) is 7.62. The number of halogens is 3. The van der Waals surface area contributed by atoms with Gasteiger partial charge in [0.1, 0.15) is 0 Å². The predicted molar refractivity (Wildman–Crippen MR) is 86.1 cm³/mol. The van der Waals surface area contributed by atoms with Crippen LogP contribution in [0.2, 0.25) is 10.0 Å². The molecule has 0 radical (unpaired) electrons. The number of anilines is 1. The van der Waals surface area contributed by atoms with Gasteiger partial charge in [0.2, 0.25) is 0 Å². The molecule has 0 fully saturated rings. The molecular weight excluding hydrogens is 377 g/mol. The zero-order chi connectivity index (χ0) is 15.1. The van der Waals surface area contributed by atoms with Crippen LogP contribution in [-0.4, -0.2) is 11.7 Å². The van der Waals surface area contributed by atoms with Gasteiger partial charge in [0.15, 0.2) is 0 Å². The summed E-state index contributed by atoms with van der Waals surface area (Å²) in [5.41, 5.74) is 1.46. The lowest BCUT2D eigenvalue weighted by molar-refractivity contribution is -0.114. The third-order valence-corrected chi connectivity index (χ3v) is 4.36. The zero-order valence-electron chi connectivity index (χ0n) is 10.6. The van der Waals surface area contributed by atoms with Crippen molar-refractivity contribution < 1.29 is 9.59 Å². The van der Waals surface area contributed by atoms with Crippen molar-refractivity contribution in [2.24, 2.45) is 0 Å². The number of benzene rings is 2. The highest BCUT2D eigenvalue weighted by Crippen LogP contribution is 2.40. The molecule has 0 unspecified atom stereocenters. The number of hydrogen-bond donors (Lipinski definition) is 0. The summed E-state index contributed by atoms with van der Waals surface area (Å²) < 4.78 is 0.899. The molecule has 1 aliphatic rings. The van der Waals surface area contributed by atoms with E-state index in [2.05, 4.69) is 15.9 Å². The van der Waals surface area contributed by atoms with Crippen LogP contribution >= 0.6 is 39.1 Å². The number of carbonyl (C=O) groups is 2. The van der Waals surface area contributed by atoms with Crippen LogP contribution in [0.4, 0.5) is 5.69 Å². The Hall–Kier alpha value is -1.36. The Bertz CT molecular complexity index is 776. The Balaban J connectivity index is 2.08. The van der Waals surface area contributed by atoms with E-state index in [1.165, 1.54) is 11.0 Å². The quantitative estimate of drug-likeness (QED) is 0.715. The smallest absolute Gasteiger partial charge is 0.299 e. The first kappa shape index (κ1) is 14.6. The number of amides is 1. The summed E-state index contributed by atoms with van der Waals surface area (Å²) in [6.07, 6.45) is 0. The van der Waals surface area contributed by atoms with E-state index in [1.807, 2.05) is 24.3 Å². The molecular formula is C15H8BrCl2NO2.